The van der Waals surface area contributed by atoms with Gasteiger partial charge in [0.15, 0.2) is 9.84 Å². The highest BCUT2D eigenvalue weighted by atomic mass is 79.9. The minimum Gasteiger partial charge on any atom is -0.507 e. The molecular weight excluding hydrogens is 334 g/mol. The Hall–Kier alpha value is -1.08. The van der Waals surface area contributed by atoms with Crippen molar-refractivity contribution in [1.82, 2.24) is 5.32 Å². The monoisotopic (exact) mass is 347 g/mol. The summed E-state index contributed by atoms with van der Waals surface area (Å²) in [5.41, 5.74) is 0.302. The molecule has 1 aliphatic rings. The fourth-order valence-corrected chi connectivity index (χ4v) is 4.06. The quantitative estimate of drug-likeness (QED) is 0.866. The van der Waals surface area contributed by atoms with Crippen LogP contribution in [0.5, 0.6) is 5.75 Å². The first-order valence-corrected chi connectivity index (χ1v) is 8.39. The Labute approximate surface area is 120 Å². The van der Waals surface area contributed by atoms with Gasteiger partial charge in [-0.3, -0.25) is 4.79 Å². The predicted octanol–water partition coefficient (Wildman–Crippen LogP) is 1.46. The molecule has 19 heavy (non-hydrogen) atoms. The number of hydrogen-bond donors (Lipinski definition) is 2. The van der Waals surface area contributed by atoms with E-state index in [0.717, 1.165) is 0 Å². The van der Waals surface area contributed by atoms with Gasteiger partial charge in [0, 0.05) is 12.1 Å². The van der Waals surface area contributed by atoms with Crippen molar-refractivity contribution in [2.24, 2.45) is 0 Å². The molecule has 1 aromatic rings. The SMILES string of the molecule is O=C(NCC1CCCS1(=O)=O)c1ccc(Br)c(O)c1. The molecule has 1 aromatic carbocycles. The number of carbonyl (C=O) groups is 1. The maximum atomic E-state index is 11.8. The molecule has 0 aromatic heterocycles. The zero-order chi connectivity index (χ0) is 14.0. The van der Waals surface area contributed by atoms with E-state index in [1.54, 1.807) is 12.1 Å². The average molecular weight is 348 g/mol. The van der Waals surface area contributed by atoms with Crippen molar-refractivity contribution in [3.8, 4) is 5.75 Å². The van der Waals surface area contributed by atoms with E-state index in [2.05, 4.69) is 21.2 Å². The Balaban J connectivity index is 2.00. The second-order valence-electron chi connectivity index (χ2n) is 4.51. The van der Waals surface area contributed by atoms with E-state index in [9.17, 15) is 18.3 Å². The minimum absolute atomic E-state index is 0.0267. The maximum absolute atomic E-state index is 11.8. The molecule has 1 atom stereocenters. The summed E-state index contributed by atoms with van der Waals surface area (Å²) in [5.74, 6) is -0.210. The van der Waals surface area contributed by atoms with E-state index in [4.69, 9.17) is 0 Å². The van der Waals surface area contributed by atoms with Gasteiger partial charge in [-0.2, -0.15) is 0 Å². The van der Waals surface area contributed by atoms with Crippen molar-refractivity contribution < 1.29 is 18.3 Å². The van der Waals surface area contributed by atoms with Crippen LogP contribution in [0.1, 0.15) is 23.2 Å². The summed E-state index contributed by atoms with van der Waals surface area (Å²) in [5, 5.41) is 11.6. The molecule has 1 heterocycles. The number of carbonyl (C=O) groups excluding carboxylic acids is 1. The highest BCUT2D eigenvalue weighted by Gasteiger charge is 2.31. The van der Waals surface area contributed by atoms with Gasteiger partial charge in [0.25, 0.3) is 5.91 Å². The highest BCUT2D eigenvalue weighted by molar-refractivity contribution is 9.10. The van der Waals surface area contributed by atoms with Crippen molar-refractivity contribution in [1.29, 1.82) is 0 Å². The second kappa shape index (κ2) is 5.50. The van der Waals surface area contributed by atoms with Crippen LogP contribution in [0.3, 0.4) is 0 Å². The van der Waals surface area contributed by atoms with Gasteiger partial charge < -0.3 is 10.4 Å². The number of aromatic hydroxyl groups is 1. The number of halogens is 1. The molecule has 1 unspecified atom stereocenters. The van der Waals surface area contributed by atoms with E-state index >= 15 is 0 Å². The summed E-state index contributed by atoms with van der Waals surface area (Å²) in [6.45, 7) is 0.123. The Morgan fingerprint density at radius 1 is 1.47 bits per heavy atom. The first-order chi connectivity index (χ1) is 8.90. The lowest BCUT2D eigenvalue weighted by atomic mass is 10.2. The van der Waals surface area contributed by atoms with Gasteiger partial charge in [-0.05, 0) is 47.0 Å². The topological polar surface area (TPSA) is 83.5 Å². The van der Waals surface area contributed by atoms with Gasteiger partial charge in [-0.25, -0.2) is 8.42 Å². The molecule has 0 radical (unpaired) electrons. The molecule has 1 saturated heterocycles. The van der Waals surface area contributed by atoms with Crippen LogP contribution in [0.2, 0.25) is 0 Å². The first-order valence-electron chi connectivity index (χ1n) is 5.88. The number of phenols is 1. The number of sulfone groups is 1. The zero-order valence-corrected chi connectivity index (χ0v) is 12.5. The van der Waals surface area contributed by atoms with Crippen LogP contribution in [-0.4, -0.2) is 37.0 Å². The summed E-state index contributed by atoms with van der Waals surface area (Å²) >= 11 is 3.13. The zero-order valence-electron chi connectivity index (χ0n) is 10.1. The Kier molecular flexibility index (Phi) is 4.15. The Morgan fingerprint density at radius 2 is 2.21 bits per heavy atom. The van der Waals surface area contributed by atoms with Crippen LogP contribution < -0.4 is 5.32 Å². The van der Waals surface area contributed by atoms with E-state index in [0.29, 0.717) is 22.9 Å². The number of hydrogen-bond acceptors (Lipinski definition) is 4. The van der Waals surface area contributed by atoms with Crippen molar-refractivity contribution in [3.63, 3.8) is 0 Å². The molecule has 0 saturated carbocycles. The van der Waals surface area contributed by atoms with Crippen LogP contribution in [0, 0.1) is 0 Å². The molecule has 5 nitrogen and oxygen atoms in total. The van der Waals surface area contributed by atoms with Crippen LogP contribution in [0.25, 0.3) is 0 Å². The van der Waals surface area contributed by atoms with Crippen molar-refractivity contribution in [2.75, 3.05) is 12.3 Å². The third kappa shape index (κ3) is 3.27. The molecule has 1 aliphatic heterocycles. The fourth-order valence-electron chi connectivity index (χ4n) is 2.05. The first kappa shape index (κ1) is 14.3. The van der Waals surface area contributed by atoms with E-state index in [1.807, 2.05) is 0 Å². The number of benzene rings is 1. The molecule has 104 valence electrons. The Morgan fingerprint density at radius 3 is 2.79 bits per heavy atom. The van der Waals surface area contributed by atoms with Gasteiger partial charge in [0.2, 0.25) is 0 Å². The normalized spacial score (nSPS) is 21.2. The van der Waals surface area contributed by atoms with E-state index in [-0.39, 0.29) is 24.0 Å². The Bertz CT molecular complexity index is 600. The summed E-state index contributed by atoms with van der Waals surface area (Å²) in [6, 6.07) is 4.46. The molecule has 0 aliphatic carbocycles. The van der Waals surface area contributed by atoms with Crippen LogP contribution in [0.4, 0.5) is 0 Å². The van der Waals surface area contributed by atoms with Gasteiger partial charge in [-0.15, -0.1) is 0 Å². The molecule has 2 rings (SSSR count). The second-order valence-corrected chi connectivity index (χ2v) is 7.76. The lowest BCUT2D eigenvalue weighted by molar-refractivity contribution is 0.0953. The third-order valence-electron chi connectivity index (χ3n) is 3.16. The van der Waals surface area contributed by atoms with Crippen molar-refractivity contribution in [3.05, 3.63) is 28.2 Å². The molecule has 0 spiro atoms. The maximum Gasteiger partial charge on any atom is 0.251 e. The molecule has 0 bridgehead atoms. The highest BCUT2D eigenvalue weighted by Crippen LogP contribution is 2.24. The van der Waals surface area contributed by atoms with Gasteiger partial charge in [-0.1, -0.05) is 0 Å². The lowest BCUT2D eigenvalue weighted by Crippen LogP contribution is -2.34. The smallest absolute Gasteiger partial charge is 0.251 e. The van der Waals surface area contributed by atoms with Crippen LogP contribution in [-0.2, 0) is 9.84 Å². The van der Waals surface area contributed by atoms with Crippen LogP contribution >= 0.6 is 15.9 Å². The fraction of sp³-hybridized carbons (Fsp3) is 0.417. The molecule has 1 amide bonds. The summed E-state index contributed by atoms with van der Waals surface area (Å²) in [4.78, 5) is 11.8. The minimum atomic E-state index is -3.05. The summed E-state index contributed by atoms with van der Waals surface area (Å²) < 4.78 is 23.7. The van der Waals surface area contributed by atoms with Crippen molar-refractivity contribution in [2.45, 2.75) is 18.1 Å². The third-order valence-corrected chi connectivity index (χ3v) is 6.11. The number of amides is 1. The molecule has 7 heteroatoms. The predicted molar refractivity (Wildman–Crippen MR) is 74.9 cm³/mol. The molecule has 2 N–H and O–H groups in total. The summed E-state index contributed by atoms with van der Waals surface area (Å²) in [6.07, 6.45) is 1.25. The van der Waals surface area contributed by atoms with Gasteiger partial charge >= 0.3 is 0 Å². The van der Waals surface area contributed by atoms with E-state index in [1.165, 1.54) is 6.07 Å². The number of phenolic OH excluding ortho intramolecular Hbond substituents is 1. The average Bonchev–Trinajstić information content (AvgIpc) is 2.69. The van der Waals surface area contributed by atoms with Gasteiger partial charge in [0.1, 0.15) is 5.75 Å². The lowest BCUT2D eigenvalue weighted by Gasteiger charge is -2.11. The number of rotatable bonds is 3. The van der Waals surface area contributed by atoms with E-state index < -0.39 is 15.1 Å². The standard InChI is InChI=1S/C12H14BrNO4S/c13-10-4-3-8(6-11(10)15)12(16)14-7-9-2-1-5-19(9,17)18/h3-4,6,9,15H,1-2,5,7H2,(H,14,16). The summed E-state index contributed by atoms with van der Waals surface area (Å²) in [7, 11) is -3.05. The molecular formula is C12H14BrNO4S. The van der Waals surface area contributed by atoms with Crippen molar-refractivity contribution >= 4 is 31.7 Å². The van der Waals surface area contributed by atoms with Gasteiger partial charge in [0.05, 0.1) is 15.5 Å². The van der Waals surface area contributed by atoms with Crippen LogP contribution in [0.15, 0.2) is 22.7 Å². The molecule has 1 fully saturated rings. The largest absolute Gasteiger partial charge is 0.507 e. The number of nitrogens with one attached hydrogen (secondary N) is 1.